The maximum Gasteiger partial charge on any atom is 0.397 e. The Hall–Kier alpha value is -0.340. The van der Waals surface area contributed by atoms with Crippen molar-refractivity contribution < 1.29 is 47.8 Å². The molecule has 10 nitrogen and oxygen atoms in total. The summed E-state index contributed by atoms with van der Waals surface area (Å²) in [7, 11) is -10.6. The average molecular weight is 234 g/mol. The van der Waals surface area contributed by atoms with Crippen molar-refractivity contribution in [2.75, 3.05) is 0 Å². The summed E-state index contributed by atoms with van der Waals surface area (Å²) in [6.45, 7) is 0. The molecule has 82 valence electrons. The van der Waals surface area contributed by atoms with Gasteiger partial charge < -0.3 is 21.9 Å². The topological polar surface area (TPSA) is 235 Å². The van der Waals surface area contributed by atoms with E-state index >= 15 is 0 Å². The van der Waals surface area contributed by atoms with Crippen LogP contribution in [0.3, 0.4) is 0 Å². The lowest BCUT2D eigenvalue weighted by Gasteiger charge is -1.84. The van der Waals surface area contributed by atoms with E-state index in [4.69, 9.17) is 9.11 Å². The van der Waals surface area contributed by atoms with Crippen LogP contribution in [0.15, 0.2) is 0 Å². The van der Waals surface area contributed by atoms with E-state index in [9.17, 15) is 16.8 Å². The smallest absolute Gasteiger partial charge is 0.397 e. The molecule has 0 aromatic carbocycles. The van der Waals surface area contributed by atoms with Crippen LogP contribution in [-0.2, 0) is 18.3 Å². The lowest BCUT2D eigenvalue weighted by atomic mass is 15.9. The Morgan fingerprint density at radius 2 is 0.667 bits per heavy atom. The van der Waals surface area contributed by atoms with Gasteiger partial charge in [0.15, 0.2) is 0 Å². The molecule has 0 aromatic heterocycles. The third-order valence-corrected chi connectivity index (χ3v) is 2.40. The van der Waals surface area contributed by atoms with Gasteiger partial charge in [0, 0.05) is 0 Å². The molecule has 12 heavy (non-hydrogen) atoms. The third kappa shape index (κ3) is 9.66. The first-order valence-corrected chi connectivity index (χ1v) is 4.60. The second-order valence-corrected chi connectivity index (χ2v) is 5.09. The molecule has 0 aliphatic rings. The maximum absolute atomic E-state index is 9.37. The van der Waals surface area contributed by atoms with Crippen LogP contribution < -0.4 is 0 Å². The fourth-order valence-corrected chi connectivity index (χ4v) is 0. The van der Waals surface area contributed by atoms with E-state index in [1.165, 1.54) is 0 Å². The van der Waals surface area contributed by atoms with Gasteiger partial charge in [0.2, 0.25) is 0 Å². The number of rotatable bonds is 1. The minimum Gasteiger partial charge on any atom is -0.412 e. The number of hydrogen-bond donors (Lipinski definition) is 2. The van der Waals surface area contributed by atoms with E-state index in [1.54, 1.807) is 0 Å². The minimum absolute atomic E-state index is 0. The van der Waals surface area contributed by atoms with Crippen molar-refractivity contribution in [3.63, 3.8) is 0 Å². The van der Waals surface area contributed by atoms with Crippen LogP contribution >= 0.6 is 0 Å². The quantitative estimate of drug-likeness (QED) is 0.333. The van der Waals surface area contributed by atoms with E-state index in [2.05, 4.69) is 0 Å². The van der Waals surface area contributed by atoms with Gasteiger partial charge in [-0.1, -0.05) is 0 Å². The molecule has 0 aromatic rings. The molecule has 0 rings (SSSR count). The summed E-state index contributed by atoms with van der Waals surface area (Å²) in [5.41, 5.74) is 0. The van der Waals surface area contributed by atoms with Gasteiger partial charge in [-0.05, 0) is 0 Å². The molecular weight excluding hydrogens is 224 g/mol. The van der Waals surface area contributed by atoms with Crippen LogP contribution in [0.5, 0.6) is 0 Å². The van der Waals surface area contributed by atoms with Crippen molar-refractivity contribution in [2.24, 2.45) is 0 Å². The summed E-state index contributed by atoms with van der Waals surface area (Å²) >= 11 is 0. The van der Waals surface area contributed by atoms with Crippen LogP contribution in [0.1, 0.15) is 0 Å². The third-order valence-electron chi connectivity index (χ3n) is 0.266. The first kappa shape index (κ1) is 29.9. The fourth-order valence-electron chi connectivity index (χ4n) is 0. The highest BCUT2D eigenvalue weighted by Gasteiger charge is 2.22. The van der Waals surface area contributed by atoms with Crippen LogP contribution in [0, 0.1) is 0 Å². The van der Waals surface area contributed by atoms with Crippen LogP contribution in [0.25, 0.3) is 0 Å². The van der Waals surface area contributed by atoms with E-state index in [1.807, 2.05) is 0 Å². The summed E-state index contributed by atoms with van der Waals surface area (Å²) in [5, 5.41) is 0. The molecule has 0 saturated heterocycles. The minimum atomic E-state index is -5.31. The first-order chi connectivity index (χ1) is 3.25. The molecule has 0 spiro atoms. The number of hydrogen-bond acceptors (Lipinski definition) is 4. The summed E-state index contributed by atoms with van der Waals surface area (Å²) in [4.78, 5) is 0. The van der Waals surface area contributed by atoms with Crippen molar-refractivity contribution in [2.45, 2.75) is 0 Å². The van der Waals surface area contributed by atoms with Crippen molar-refractivity contribution in [3.05, 3.63) is 0 Å². The predicted molar refractivity (Wildman–Crippen MR) is 37.6 cm³/mol. The van der Waals surface area contributed by atoms with Crippen LogP contribution in [-0.4, -0.2) is 47.8 Å². The molecular formula is H10O10S2. The molecule has 0 aliphatic carbocycles. The Morgan fingerprint density at radius 1 is 0.583 bits per heavy atom. The zero-order valence-corrected chi connectivity index (χ0v) is 6.98. The molecule has 0 unspecified atom stereocenters. The van der Waals surface area contributed by atoms with Crippen LogP contribution in [0.2, 0.25) is 0 Å². The highest BCUT2D eigenvalue weighted by molar-refractivity contribution is 8.62. The van der Waals surface area contributed by atoms with Crippen LogP contribution in [0.4, 0.5) is 0 Å². The Kier molecular flexibility index (Phi) is 18.2. The molecule has 0 atom stereocenters. The monoisotopic (exact) mass is 234 g/mol. The van der Waals surface area contributed by atoms with Crippen molar-refractivity contribution in [3.8, 4) is 0 Å². The molecule has 0 aliphatic heterocycles. The van der Waals surface area contributed by atoms with Crippen molar-refractivity contribution >= 4 is 18.3 Å². The largest absolute Gasteiger partial charge is 0.412 e. The van der Waals surface area contributed by atoms with Gasteiger partial charge in [-0.15, -0.1) is 0 Å². The molecule has 0 bridgehead atoms. The highest BCUT2D eigenvalue weighted by atomic mass is 33.2. The van der Waals surface area contributed by atoms with Crippen molar-refractivity contribution in [1.29, 1.82) is 0 Å². The molecule has 0 amide bonds. The summed E-state index contributed by atoms with van der Waals surface area (Å²) < 4.78 is 52.5. The fraction of sp³-hybridized carbons (Fsp3) is 0. The summed E-state index contributed by atoms with van der Waals surface area (Å²) in [6, 6.07) is 0. The van der Waals surface area contributed by atoms with E-state index in [0.29, 0.717) is 0 Å². The normalized spacial score (nSPS) is 9.17. The van der Waals surface area contributed by atoms with Gasteiger partial charge in [0.05, 0.1) is 0 Å². The Labute approximate surface area is 67.0 Å². The Bertz CT molecular complexity index is 220. The highest BCUT2D eigenvalue weighted by Crippen LogP contribution is 1.90. The second-order valence-electron chi connectivity index (χ2n) is 0.855. The molecule has 0 saturated carbocycles. The lowest BCUT2D eigenvalue weighted by Crippen LogP contribution is -2.11. The van der Waals surface area contributed by atoms with Gasteiger partial charge in [0.25, 0.3) is 0 Å². The maximum atomic E-state index is 9.37. The Morgan fingerprint density at radius 3 is 0.667 bits per heavy atom. The average Bonchev–Trinajstić information content (AvgIpc) is 1.25. The molecule has 0 fully saturated rings. The summed E-state index contributed by atoms with van der Waals surface area (Å²) in [6.07, 6.45) is 0. The van der Waals surface area contributed by atoms with Crippen molar-refractivity contribution in [1.82, 2.24) is 0 Å². The standard InChI is InChI=1S/H2O6S2.4H2O/c1-7(2,3)8(4,5)6;;;;/h(H,1,2,3)(H,4,5,6);4*1H2. The van der Waals surface area contributed by atoms with E-state index in [-0.39, 0.29) is 21.9 Å². The zero-order chi connectivity index (χ0) is 7.00. The van der Waals surface area contributed by atoms with Gasteiger partial charge in [0.1, 0.15) is 0 Å². The summed E-state index contributed by atoms with van der Waals surface area (Å²) in [5.74, 6) is 0. The molecule has 12 heteroatoms. The lowest BCUT2D eigenvalue weighted by molar-refractivity contribution is 0.460. The van der Waals surface area contributed by atoms with Gasteiger partial charge in [-0.3, -0.25) is 9.11 Å². The van der Waals surface area contributed by atoms with E-state index < -0.39 is 18.3 Å². The SMILES string of the molecule is O.O.O.O.O=S(=O)(O)S(=O)(=O)O. The predicted octanol–water partition coefficient (Wildman–Crippen LogP) is -4.62. The second kappa shape index (κ2) is 7.32. The van der Waals surface area contributed by atoms with Gasteiger partial charge in [-0.2, -0.15) is 16.8 Å². The van der Waals surface area contributed by atoms with Gasteiger partial charge in [-0.25, -0.2) is 0 Å². The van der Waals surface area contributed by atoms with Gasteiger partial charge >= 0.3 is 18.3 Å². The first-order valence-electron chi connectivity index (χ1n) is 1.20. The molecule has 10 N–H and O–H groups in total. The van der Waals surface area contributed by atoms with E-state index in [0.717, 1.165) is 0 Å². The molecule has 0 heterocycles. The zero-order valence-electron chi connectivity index (χ0n) is 5.34. The Balaban J connectivity index is -0.0000000408. The molecule has 0 radical (unpaired) electrons.